The maximum atomic E-state index is 6.36. The van der Waals surface area contributed by atoms with E-state index >= 15 is 0 Å². The molecule has 0 saturated heterocycles. The number of hydrogen-bond donors (Lipinski definition) is 1. The van der Waals surface area contributed by atoms with Gasteiger partial charge >= 0.3 is 0 Å². The summed E-state index contributed by atoms with van der Waals surface area (Å²) in [5, 5.41) is 0. The van der Waals surface area contributed by atoms with Gasteiger partial charge in [0.15, 0.2) is 0 Å². The molecule has 0 aliphatic heterocycles. The third-order valence-electron chi connectivity index (χ3n) is 4.68. The van der Waals surface area contributed by atoms with Crippen LogP contribution in [-0.2, 0) is 0 Å². The molecule has 0 unspecified atom stereocenters. The minimum Gasteiger partial charge on any atom is -0.327 e. The maximum absolute atomic E-state index is 6.36. The van der Waals surface area contributed by atoms with Gasteiger partial charge in [-0.1, -0.05) is 17.6 Å². The molecule has 3 atom stereocenters. The van der Waals surface area contributed by atoms with E-state index in [1.807, 2.05) is 5.57 Å². The second-order valence-electron chi connectivity index (χ2n) is 5.41. The van der Waals surface area contributed by atoms with Crippen LogP contribution in [0.4, 0.5) is 0 Å². The lowest BCUT2D eigenvalue weighted by atomic mass is 9.63. The van der Waals surface area contributed by atoms with Gasteiger partial charge < -0.3 is 5.73 Å². The Balaban J connectivity index is 1.95. The van der Waals surface area contributed by atoms with Crippen molar-refractivity contribution in [3.8, 4) is 0 Å². The Morgan fingerprint density at radius 3 is 2.79 bits per heavy atom. The minimum absolute atomic E-state index is 0.514. The topological polar surface area (TPSA) is 26.0 Å². The van der Waals surface area contributed by atoms with Crippen molar-refractivity contribution in [3.05, 3.63) is 11.1 Å². The van der Waals surface area contributed by atoms with Gasteiger partial charge in [0.25, 0.3) is 0 Å². The van der Waals surface area contributed by atoms with Crippen LogP contribution in [-0.4, -0.2) is 6.04 Å². The zero-order valence-corrected chi connectivity index (χ0v) is 8.97. The maximum Gasteiger partial charge on any atom is 0.0136 e. The molecule has 0 heterocycles. The molecule has 2 N–H and O–H groups in total. The van der Waals surface area contributed by atoms with Gasteiger partial charge in [-0.25, -0.2) is 0 Å². The van der Waals surface area contributed by atoms with Crippen molar-refractivity contribution >= 4 is 0 Å². The zero-order chi connectivity index (χ0) is 9.54. The Morgan fingerprint density at radius 2 is 1.86 bits per heavy atom. The van der Waals surface area contributed by atoms with E-state index in [0.29, 0.717) is 6.04 Å². The van der Waals surface area contributed by atoms with Gasteiger partial charge in [-0.2, -0.15) is 0 Å². The predicted octanol–water partition coefficient (Wildman–Crippen LogP) is 3.00. The third-order valence-corrected chi connectivity index (χ3v) is 4.68. The Labute approximate surface area is 86.8 Å². The average molecular weight is 191 g/mol. The summed E-state index contributed by atoms with van der Waals surface area (Å²) in [6.45, 7) is 0. The van der Waals surface area contributed by atoms with Crippen molar-refractivity contribution in [1.29, 1.82) is 0 Å². The highest BCUT2D eigenvalue weighted by Gasteiger charge is 2.38. The molecular weight excluding hydrogens is 170 g/mol. The van der Waals surface area contributed by atoms with Crippen molar-refractivity contribution in [1.82, 2.24) is 0 Å². The quantitative estimate of drug-likeness (QED) is 0.585. The molecule has 1 fully saturated rings. The Kier molecular flexibility index (Phi) is 2.16. The normalized spacial score (nSPS) is 42.2. The van der Waals surface area contributed by atoms with Crippen LogP contribution in [0.15, 0.2) is 11.1 Å². The molecule has 1 saturated carbocycles. The van der Waals surface area contributed by atoms with Crippen LogP contribution in [0.25, 0.3) is 0 Å². The fourth-order valence-electron chi connectivity index (χ4n) is 3.95. The molecule has 78 valence electrons. The molecule has 0 radical (unpaired) electrons. The lowest BCUT2D eigenvalue weighted by Gasteiger charge is -2.44. The zero-order valence-electron chi connectivity index (χ0n) is 8.97. The lowest BCUT2D eigenvalue weighted by molar-refractivity contribution is 0.213. The van der Waals surface area contributed by atoms with E-state index in [9.17, 15) is 0 Å². The van der Waals surface area contributed by atoms with Crippen LogP contribution >= 0.6 is 0 Å². The summed E-state index contributed by atoms with van der Waals surface area (Å²) in [6.07, 6.45) is 11.2. The molecule has 1 heteroatoms. The van der Waals surface area contributed by atoms with E-state index in [0.717, 1.165) is 11.8 Å². The van der Waals surface area contributed by atoms with Gasteiger partial charge in [0.1, 0.15) is 0 Å². The van der Waals surface area contributed by atoms with Crippen molar-refractivity contribution in [2.75, 3.05) is 0 Å². The van der Waals surface area contributed by atoms with Crippen LogP contribution in [0.2, 0.25) is 0 Å². The SMILES string of the molecule is N[C@H]1[C@@H]2CCC[C@@H]1C1=C(CCCC1)C2. The van der Waals surface area contributed by atoms with E-state index in [4.69, 9.17) is 5.73 Å². The molecule has 0 aromatic rings. The lowest BCUT2D eigenvalue weighted by Crippen LogP contribution is -2.45. The van der Waals surface area contributed by atoms with Crippen molar-refractivity contribution in [2.24, 2.45) is 17.6 Å². The third kappa shape index (κ3) is 1.25. The molecule has 0 aromatic heterocycles. The second kappa shape index (κ2) is 3.37. The first-order chi connectivity index (χ1) is 6.86. The second-order valence-corrected chi connectivity index (χ2v) is 5.41. The monoisotopic (exact) mass is 191 g/mol. The first-order valence-corrected chi connectivity index (χ1v) is 6.32. The standard InChI is InChI=1S/C13H21N/c14-13-10-5-3-7-12(13)11-6-2-1-4-9(11)8-10/h10,12-13H,1-8,14H2/t10-,12-,13+/m1/s1. The fraction of sp³-hybridized carbons (Fsp3) is 0.846. The summed E-state index contributed by atoms with van der Waals surface area (Å²) in [5.74, 6) is 1.63. The largest absolute Gasteiger partial charge is 0.327 e. The minimum atomic E-state index is 0.514. The number of nitrogens with two attached hydrogens (primary N) is 1. The number of rotatable bonds is 0. The molecule has 0 aromatic carbocycles. The molecule has 0 spiro atoms. The highest BCUT2D eigenvalue weighted by Crippen LogP contribution is 2.47. The molecule has 3 aliphatic carbocycles. The van der Waals surface area contributed by atoms with E-state index < -0.39 is 0 Å². The highest BCUT2D eigenvalue weighted by atomic mass is 14.7. The molecule has 3 aliphatic rings. The van der Waals surface area contributed by atoms with E-state index in [1.165, 1.54) is 51.4 Å². The van der Waals surface area contributed by atoms with Crippen LogP contribution in [0.5, 0.6) is 0 Å². The van der Waals surface area contributed by atoms with Gasteiger partial charge in [-0.15, -0.1) is 0 Å². The van der Waals surface area contributed by atoms with Gasteiger partial charge in [-0.3, -0.25) is 0 Å². The number of hydrogen-bond acceptors (Lipinski definition) is 1. The molecule has 0 amide bonds. The van der Waals surface area contributed by atoms with Crippen molar-refractivity contribution < 1.29 is 0 Å². The van der Waals surface area contributed by atoms with Crippen LogP contribution < -0.4 is 5.73 Å². The highest BCUT2D eigenvalue weighted by molar-refractivity contribution is 5.26. The summed E-state index contributed by atoms with van der Waals surface area (Å²) in [5.41, 5.74) is 9.99. The first-order valence-electron chi connectivity index (χ1n) is 6.32. The Hall–Kier alpha value is -0.300. The predicted molar refractivity (Wildman–Crippen MR) is 58.9 cm³/mol. The summed E-state index contributed by atoms with van der Waals surface area (Å²) >= 11 is 0. The van der Waals surface area contributed by atoms with Crippen LogP contribution in [0.1, 0.15) is 51.4 Å². The Morgan fingerprint density at radius 1 is 1.00 bits per heavy atom. The molecule has 2 bridgehead atoms. The van der Waals surface area contributed by atoms with Crippen molar-refractivity contribution in [2.45, 2.75) is 57.4 Å². The summed E-state index contributed by atoms with van der Waals surface area (Å²) in [6, 6.07) is 0.514. The molecular formula is C13H21N. The number of fused-ring (bicyclic) bond motifs is 3. The summed E-state index contributed by atoms with van der Waals surface area (Å²) < 4.78 is 0. The fourth-order valence-corrected chi connectivity index (χ4v) is 3.95. The smallest absolute Gasteiger partial charge is 0.0136 e. The van der Waals surface area contributed by atoms with Gasteiger partial charge in [0.05, 0.1) is 0 Å². The summed E-state index contributed by atoms with van der Waals surface area (Å²) in [7, 11) is 0. The van der Waals surface area contributed by atoms with Gasteiger partial charge in [0.2, 0.25) is 0 Å². The van der Waals surface area contributed by atoms with Gasteiger partial charge in [0, 0.05) is 6.04 Å². The first kappa shape index (κ1) is 8.96. The van der Waals surface area contributed by atoms with Gasteiger partial charge in [-0.05, 0) is 56.8 Å². The van der Waals surface area contributed by atoms with Crippen molar-refractivity contribution in [3.63, 3.8) is 0 Å². The average Bonchev–Trinajstić information content (AvgIpc) is 2.18. The summed E-state index contributed by atoms with van der Waals surface area (Å²) in [4.78, 5) is 0. The molecule has 14 heavy (non-hydrogen) atoms. The number of allylic oxidation sites excluding steroid dienone is 1. The Bertz CT molecular complexity index is 266. The van der Waals surface area contributed by atoms with E-state index in [1.54, 1.807) is 5.57 Å². The van der Waals surface area contributed by atoms with E-state index in [2.05, 4.69) is 0 Å². The van der Waals surface area contributed by atoms with Crippen LogP contribution in [0.3, 0.4) is 0 Å². The van der Waals surface area contributed by atoms with E-state index in [-0.39, 0.29) is 0 Å². The molecule has 1 nitrogen and oxygen atoms in total. The van der Waals surface area contributed by atoms with Crippen LogP contribution in [0, 0.1) is 11.8 Å². The molecule has 3 rings (SSSR count).